The molecule has 1 N–H and O–H groups in total. The fraction of sp³-hybridized carbons (Fsp3) is 0.263. The first-order valence-electron chi connectivity index (χ1n) is 8.67. The molecule has 0 spiro atoms. The van der Waals surface area contributed by atoms with Gasteiger partial charge in [0, 0.05) is 0 Å². The number of aromatic nitrogens is 4. The molecule has 0 radical (unpaired) electrons. The van der Waals surface area contributed by atoms with Gasteiger partial charge in [-0.15, -0.1) is 5.10 Å². The number of hydrogen-bond acceptors (Lipinski definition) is 6. The average Bonchev–Trinajstić information content (AvgIpc) is 3.14. The summed E-state index contributed by atoms with van der Waals surface area (Å²) < 4.78 is 7.30. The Balaban J connectivity index is 1.63. The van der Waals surface area contributed by atoms with Crippen LogP contribution >= 0.6 is 11.8 Å². The Bertz CT molecular complexity index is 912. The van der Waals surface area contributed by atoms with Gasteiger partial charge in [0.15, 0.2) is 0 Å². The van der Waals surface area contributed by atoms with E-state index in [1.54, 1.807) is 4.68 Å². The quantitative estimate of drug-likeness (QED) is 0.600. The molecular formula is C19H21N5O2S. The number of tetrazole rings is 1. The number of carbonyl (C=O) groups is 1. The normalized spacial score (nSPS) is 10.6. The number of ether oxygens (including phenoxy) is 1. The number of thioether (sulfide) groups is 1. The third kappa shape index (κ3) is 5.07. The molecule has 0 aliphatic heterocycles. The van der Waals surface area contributed by atoms with Gasteiger partial charge < -0.3 is 10.1 Å². The van der Waals surface area contributed by atoms with E-state index in [9.17, 15) is 4.79 Å². The van der Waals surface area contributed by atoms with Gasteiger partial charge in [-0.05, 0) is 53.6 Å². The predicted molar refractivity (Wildman–Crippen MR) is 105 cm³/mol. The molecule has 7 nitrogen and oxygen atoms in total. The summed E-state index contributed by atoms with van der Waals surface area (Å²) in [6.45, 7) is 4.65. The fourth-order valence-corrected chi connectivity index (χ4v) is 3.11. The van der Waals surface area contributed by atoms with E-state index in [2.05, 4.69) is 20.8 Å². The van der Waals surface area contributed by atoms with Crippen molar-refractivity contribution < 1.29 is 9.53 Å². The van der Waals surface area contributed by atoms with Crippen LogP contribution in [0.2, 0.25) is 0 Å². The van der Waals surface area contributed by atoms with Crippen molar-refractivity contribution in [2.45, 2.75) is 25.4 Å². The Labute approximate surface area is 162 Å². The lowest BCUT2D eigenvalue weighted by Gasteiger charge is -2.11. The van der Waals surface area contributed by atoms with Gasteiger partial charge in [-0.1, -0.05) is 43.0 Å². The van der Waals surface area contributed by atoms with Crippen molar-refractivity contribution in [3.05, 3.63) is 54.1 Å². The van der Waals surface area contributed by atoms with E-state index >= 15 is 0 Å². The average molecular weight is 383 g/mol. The predicted octanol–water partition coefficient (Wildman–Crippen LogP) is 3.49. The number of para-hydroxylation sites is 2. The van der Waals surface area contributed by atoms with E-state index in [4.69, 9.17) is 4.74 Å². The van der Waals surface area contributed by atoms with Crippen LogP contribution in [0.5, 0.6) is 5.75 Å². The Hall–Kier alpha value is -2.87. The molecular weight excluding hydrogens is 362 g/mol. The van der Waals surface area contributed by atoms with Crippen LogP contribution < -0.4 is 10.1 Å². The molecule has 0 bridgehead atoms. The van der Waals surface area contributed by atoms with E-state index in [1.807, 2.05) is 62.4 Å². The molecule has 0 saturated heterocycles. The minimum Gasteiger partial charge on any atom is -0.491 e. The summed E-state index contributed by atoms with van der Waals surface area (Å²) in [5, 5.41) is 15.2. The Morgan fingerprint density at radius 1 is 1.22 bits per heavy atom. The maximum Gasteiger partial charge on any atom is 0.234 e. The van der Waals surface area contributed by atoms with Gasteiger partial charge in [-0.25, -0.2) is 0 Å². The first-order chi connectivity index (χ1) is 13.2. The number of anilines is 1. The van der Waals surface area contributed by atoms with Gasteiger partial charge in [0.1, 0.15) is 5.75 Å². The van der Waals surface area contributed by atoms with E-state index in [0.29, 0.717) is 23.2 Å². The zero-order valence-corrected chi connectivity index (χ0v) is 16.1. The first kappa shape index (κ1) is 18.9. The summed E-state index contributed by atoms with van der Waals surface area (Å²) >= 11 is 1.28. The second-order valence-electron chi connectivity index (χ2n) is 5.89. The number of carbonyl (C=O) groups excluding carboxylic acids is 1. The maximum atomic E-state index is 12.4. The van der Waals surface area contributed by atoms with Gasteiger partial charge in [-0.2, -0.15) is 4.68 Å². The van der Waals surface area contributed by atoms with Crippen molar-refractivity contribution in [1.29, 1.82) is 0 Å². The van der Waals surface area contributed by atoms with E-state index in [0.717, 1.165) is 17.7 Å². The number of rotatable bonds is 8. The Morgan fingerprint density at radius 2 is 2.07 bits per heavy atom. The smallest absolute Gasteiger partial charge is 0.234 e. The van der Waals surface area contributed by atoms with Crippen molar-refractivity contribution in [1.82, 2.24) is 20.2 Å². The number of amides is 1. The van der Waals surface area contributed by atoms with E-state index in [1.165, 1.54) is 11.8 Å². The molecule has 27 heavy (non-hydrogen) atoms. The molecule has 140 valence electrons. The number of hydrogen-bond donors (Lipinski definition) is 1. The number of benzene rings is 2. The Morgan fingerprint density at radius 3 is 2.89 bits per heavy atom. The minimum atomic E-state index is -0.147. The molecule has 1 aromatic heterocycles. The third-order valence-electron chi connectivity index (χ3n) is 3.64. The molecule has 0 unspecified atom stereocenters. The zero-order valence-electron chi connectivity index (χ0n) is 15.3. The summed E-state index contributed by atoms with van der Waals surface area (Å²) in [6, 6.07) is 15.3. The number of nitrogens with one attached hydrogen (secondary N) is 1. The highest BCUT2D eigenvalue weighted by Crippen LogP contribution is 2.25. The summed E-state index contributed by atoms with van der Waals surface area (Å²) in [5.41, 5.74) is 2.64. The highest BCUT2D eigenvalue weighted by atomic mass is 32.2. The van der Waals surface area contributed by atoms with E-state index < -0.39 is 0 Å². The zero-order chi connectivity index (χ0) is 19.1. The Kier molecular flexibility index (Phi) is 6.43. The summed E-state index contributed by atoms with van der Waals surface area (Å²) in [6.07, 6.45) is 0.903. The topological polar surface area (TPSA) is 81.9 Å². The van der Waals surface area contributed by atoms with Crippen molar-refractivity contribution in [2.75, 3.05) is 17.7 Å². The summed E-state index contributed by atoms with van der Waals surface area (Å²) in [4.78, 5) is 12.4. The standard InChI is InChI=1S/C19H21N5O2S/c1-3-11-26-17-10-5-4-9-16(17)20-18(25)13-27-19-21-22-23-24(19)15-8-6-7-14(2)12-15/h4-10,12H,3,11,13H2,1-2H3,(H,20,25). The molecule has 1 heterocycles. The molecule has 0 atom stereocenters. The van der Waals surface area contributed by atoms with Gasteiger partial charge in [0.05, 0.1) is 23.7 Å². The largest absolute Gasteiger partial charge is 0.491 e. The van der Waals surface area contributed by atoms with Gasteiger partial charge in [0.2, 0.25) is 11.1 Å². The highest BCUT2D eigenvalue weighted by molar-refractivity contribution is 7.99. The maximum absolute atomic E-state index is 12.4. The summed E-state index contributed by atoms with van der Waals surface area (Å²) in [7, 11) is 0. The molecule has 3 aromatic rings. The second-order valence-corrected chi connectivity index (χ2v) is 6.84. The van der Waals surface area contributed by atoms with Gasteiger partial charge in [-0.3, -0.25) is 4.79 Å². The third-order valence-corrected chi connectivity index (χ3v) is 4.56. The molecule has 2 aromatic carbocycles. The minimum absolute atomic E-state index is 0.147. The van der Waals surface area contributed by atoms with Crippen molar-refractivity contribution in [3.63, 3.8) is 0 Å². The SMILES string of the molecule is CCCOc1ccccc1NC(=O)CSc1nnnn1-c1cccc(C)c1. The van der Waals surface area contributed by atoms with Gasteiger partial charge in [0.25, 0.3) is 0 Å². The van der Waals surface area contributed by atoms with Crippen molar-refractivity contribution in [3.8, 4) is 11.4 Å². The van der Waals surface area contributed by atoms with Crippen LogP contribution in [0.4, 0.5) is 5.69 Å². The molecule has 0 aliphatic rings. The van der Waals surface area contributed by atoms with Crippen LogP contribution in [0, 0.1) is 6.92 Å². The number of aryl methyl sites for hydroxylation is 1. The van der Waals surface area contributed by atoms with Crippen LogP contribution in [0.15, 0.2) is 53.7 Å². The van der Waals surface area contributed by atoms with Crippen LogP contribution in [0.3, 0.4) is 0 Å². The molecule has 0 aliphatic carbocycles. The van der Waals surface area contributed by atoms with Crippen molar-refractivity contribution >= 4 is 23.4 Å². The highest BCUT2D eigenvalue weighted by Gasteiger charge is 2.13. The molecule has 0 saturated carbocycles. The second kappa shape index (κ2) is 9.18. The number of nitrogens with zero attached hydrogens (tertiary/aromatic N) is 4. The van der Waals surface area contributed by atoms with Crippen LogP contribution in [0.25, 0.3) is 5.69 Å². The monoisotopic (exact) mass is 383 g/mol. The molecule has 8 heteroatoms. The lowest BCUT2D eigenvalue weighted by atomic mass is 10.2. The van der Waals surface area contributed by atoms with Crippen LogP contribution in [-0.2, 0) is 4.79 Å². The van der Waals surface area contributed by atoms with Crippen molar-refractivity contribution in [2.24, 2.45) is 0 Å². The fourth-order valence-electron chi connectivity index (χ4n) is 2.41. The van der Waals surface area contributed by atoms with Crippen LogP contribution in [0.1, 0.15) is 18.9 Å². The van der Waals surface area contributed by atoms with E-state index in [-0.39, 0.29) is 11.7 Å². The molecule has 1 amide bonds. The molecule has 3 rings (SSSR count). The first-order valence-corrected chi connectivity index (χ1v) is 9.66. The van der Waals surface area contributed by atoms with Crippen LogP contribution in [-0.4, -0.2) is 38.5 Å². The molecule has 0 fully saturated rings. The summed E-state index contributed by atoms with van der Waals surface area (Å²) in [5.74, 6) is 0.711. The lowest BCUT2D eigenvalue weighted by molar-refractivity contribution is -0.113. The lowest BCUT2D eigenvalue weighted by Crippen LogP contribution is -2.15. The van der Waals surface area contributed by atoms with Gasteiger partial charge >= 0.3 is 0 Å².